The van der Waals surface area contributed by atoms with Crippen molar-refractivity contribution in [1.82, 2.24) is 0 Å². The van der Waals surface area contributed by atoms with Gasteiger partial charge in [0.2, 0.25) is 0 Å². The number of rotatable bonds is 2. The number of hydrogen-bond donors (Lipinski definition) is 1. The molecule has 0 unspecified atom stereocenters. The van der Waals surface area contributed by atoms with Gasteiger partial charge >= 0.3 is 5.97 Å². The smallest absolute Gasteiger partial charge is 0.338 e. The van der Waals surface area contributed by atoms with Gasteiger partial charge in [-0.25, -0.2) is 4.79 Å². The zero-order valence-corrected chi connectivity index (χ0v) is 10.3. The van der Waals surface area contributed by atoms with Gasteiger partial charge < -0.3 is 9.84 Å². The van der Waals surface area contributed by atoms with Crippen molar-refractivity contribution in [2.24, 2.45) is 0 Å². The number of allylic oxidation sites excluding steroid dienone is 1. The molecule has 0 amide bonds. The predicted octanol–water partition coefficient (Wildman–Crippen LogP) is 3.42. The molecule has 1 N–H and O–H groups in total. The molecule has 0 spiro atoms. The molecule has 0 atom stereocenters. The van der Waals surface area contributed by atoms with E-state index in [0.29, 0.717) is 16.7 Å². The Bertz CT molecular complexity index is 627. The van der Waals surface area contributed by atoms with Crippen molar-refractivity contribution in [3.63, 3.8) is 0 Å². The number of carbonyl (C=O) groups excluding carboxylic acids is 1. The largest absolute Gasteiger partial charge is 0.507 e. The molecule has 0 fully saturated rings. The molecule has 2 rings (SSSR count). The maximum atomic E-state index is 11.7. The van der Waals surface area contributed by atoms with Gasteiger partial charge in [-0.15, -0.1) is 0 Å². The number of aromatic hydroxyl groups is 1. The third-order valence-corrected chi connectivity index (χ3v) is 2.82. The van der Waals surface area contributed by atoms with E-state index in [1.54, 1.807) is 50.3 Å². The first kappa shape index (κ1) is 12.2. The number of hydrogen-bond acceptors (Lipinski definition) is 3. The van der Waals surface area contributed by atoms with E-state index < -0.39 is 0 Å². The molecule has 0 aliphatic heterocycles. The number of carbonyl (C=O) groups is 1. The molecule has 0 saturated carbocycles. The fourth-order valence-corrected chi connectivity index (χ4v) is 1.65. The van der Waals surface area contributed by atoms with Gasteiger partial charge in [0.05, 0.1) is 0 Å². The van der Waals surface area contributed by atoms with Crippen LogP contribution in [0.25, 0.3) is 10.8 Å². The van der Waals surface area contributed by atoms with Gasteiger partial charge in [-0.3, -0.25) is 0 Å². The lowest BCUT2D eigenvalue weighted by atomic mass is 10.1. The molecule has 0 bridgehead atoms. The topological polar surface area (TPSA) is 46.5 Å². The van der Waals surface area contributed by atoms with Crippen LogP contribution in [-0.4, -0.2) is 11.1 Å². The first-order valence-corrected chi connectivity index (χ1v) is 5.69. The van der Waals surface area contributed by atoms with Crippen molar-refractivity contribution < 1.29 is 14.6 Å². The maximum Gasteiger partial charge on any atom is 0.338 e. The molecule has 0 saturated heterocycles. The first-order chi connectivity index (χ1) is 8.63. The van der Waals surface area contributed by atoms with Crippen molar-refractivity contribution in [2.45, 2.75) is 13.8 Å². The van der Waals surface area contributed by atoms with Crippen LogP contribution in [0.2, 0.25) is 0 Å². The quantitative estimate of drug-likeness (QED) is 0.498. The Kier molecular flexibility index (Phi) is 3.33. The Morgan fingerprint density at radius 3 is 2.56 bits per heavy atom. The van der Waals surface area contributed by atoms with Crippen LogP contribution in [0.15, 0.2) is 48.0 Å². The third kappa shape index (κ3) is 2.20. The van der Waals surface area contributed by atoms with Crippen LogP contribution in [0, 0.1) is 0 Å². The molecule has 2 aromatic carbocycles. The van der Waals surface area contributed by atoms with Crippen molar-refractivity contribution >= 4 is 16.7 Å². The number of esters is 1. The van der Waals surface area contributed by atoms with E-state index in [2.05, 4.69) is 0 Å². The Labute approximate surface area is 105 Å². The highest BCUT2D eigenvalue weighted by Crippen LogP contribution is 2.31. The second-order valence-corrected chi connectivity index (χ2v) is 3.99. The van der Waals surface area contributed by atoms with Gasteiger partial charge in [0.1, 0.15) is 11.5 Å². The van der Waals surface area contributed by atoms with Crippen LogP contribution in [0.1, 0.15) is 13.8 Å². The van der Waals surface area contributed by atoms with Gasteiger partial charge in [0, 0.05) is 16.3 Å². The average Bonchev–Trinajstić information content (AvgIpc) is 2.39. The second kappa shape index (κ2) is 4.92. The molecule has 0 aliphatic rings. The van der Waals surface area contributed by atoms with Gasteiger partial charge in [-0.1, -0.05) is 30.3 Å². The minimum atomic E-state index is -0.381. The van der Waals surface area contributed by atoms with Crippen LogP contribution in [-0.2, 0) is 4.79 Å². The standard InChI is InChI=1S/C15H14O3/c1-3-10(2)15(17)18-14-9-5-6-11-12(14)7-4-8-13(11)16/h3-9,16H,1-2H3. The Morgan fingerprint density at radius 1 is 1.17 bits per heavy atom. The number of benzene rings is 2. The zero-order valence-electron chi connectivity index (χ0n) is 10.3. The van der Waals surface area contributed by atoms with Crippen molar-refractivity contribution in [3.05, 3.63) is 48.0 Å². The summed E-state index contributed by atoms with van der Waals surface area (Å²) >= 11 is 0. The highest BCUT2D eigenvalue weighted by atomic mass is 16.5. The summed E-state index contributed by atoms with van der Waals surface area (Å²) in [5, 5.41) is 11.1. The van der Waals surface area contributed by atoms with E-state index >= 15 is 0 Å². The third-order valence-electron chi connectivity index (χ3n) is 2.82. The van der Waals surface area contributed by atoms with E-state index in [9.17, 15) is 9.90 Å². The summed E-state index contributed by atoms with van der Waals surface area (Å²) in [6.45, 7) is 3.48. The molecule has 92 valence electrons. The van der Waals surface area contributed by atoms with E-state index in [0.717, 1.165) is 5.39 Å². The number of phenolic OH excluding ortho intramolecular Hbond substituents is 1. The second-order valence-electron chi connectivity index (χ2n) is 3.99. The molecule has 18 heavy (non-hydrogen) atoms. The average molecular weight is 242 g/mol. The summed E-state index contributed by atoms with van der Waals surface area (Å²) < 4.78 is 5.32. The molecule has 0 aromatic heterocycles. The normalized spacial score (nSPS) is 11.6. The SMILES string of the molecule is CC=C(C)C(=O)Oc1cccc2c(O)cccc12. The summed E-state index contributed by atoms with van der Waals surface area (Å²) in [6.07, 6.45) is 1.70. The van der Waals surface area contributed by atoms with Gasteiger partial charge in [0.15, 0.2) is 0 Å². The highest BCUT2D eigenvalue weighted by Gasteiger charge is 2.10. The highest BCUT2D eigenvalue weighted by molar-refractivity contribution is 5.96. The Balaban J connectivity index is 2.46. The van der Waals surface area contributed by atoms with Crippen molar-refractivity contribution in [3.8, 4) is 11.5 Å². The van der Waals surface area contributed by atoms with Gasteiger partial charge in [-0.2, -0.15) is 0 Å². The number of fused-ring (bicyclic) bond motifs is 1. The van der Waals surface area contributed by atoms with E-state index in [1.807, 2.05) is 6.07 Å². The lowest BCUT2D eigenvalue weighted by Crippen LogP contribution is -2.09. The van der Waals surface area contributed by atoms with Crippen LogP contribution in [0.4, 0.5) is 0 Å². The molecular weight excluding hydrogens is 228 g/mol. The van der Waals surface area contributed by atoms with E-state index in [4.69, 9.17) is 4.74 Å². The van der Waals surface area contributed by atoms with Crippen LogP contribution >= 0.6 is 0 Å². The van der Waals surface area contributed by atoms with Gasteiger partial charge in [0.25, 0.3) is 0 Å². The molecule has 0 aliphatic carbocycles. The first-order valence-electron chi connectivity index (χ1n) is 5.69. The summed E-state index contributed by atoms with van der Waals surface area (Å²) in [6, 6.07) is 10.4. The fourth-order valence-electron chi connectivity index (χ4n) is 1.65. The minimum Gasteiger partial charge on any atom is -0.507 e. The van der Waals surface area contributed by atoms with Gasteiger partial charge in [-0.05, 0) is 26.0 Å². The summed E-state index contributed by atoms with van der Waals surface area (Å²) in [5.41, 5.74) is 0.548. The van der Waals surface area contributed by atoms with E-state index in [1.165, 1.54) is 0 Å². The number of ether oxygens (including phenoxy) is 1. The summed E-state index contributed by atoms with van der Waals surface area (Å²) in [7, 11) is 0. The van der Waals surface area contributed by atoms with Crippen LogP contribution in [0.5, 0.6) is 11.5 Å². The molecular formula is C15H14O3. The lowest BCUT2D eigenvalue weighted by Gasteiger charge is -2.08. The minimum absolute atomic E-state index is 0.174. The summed E-state index contributed by atoms with van der Waals surface area (Å²) in [5.74, 6) is 0.246. The van der Waals surface area contributed by atoms with Crippen molar-refractivity contribution in [2.75, 3.05) is 0 Å². The summed E-state index contributed by atoms with van der Waals surface area (Å²) in [4.78, 5) is 11.7. The maximum absolute atomic E-state index is 11.7. The monoisotopic (exact) mass is 242 g/mol. The Morgan fingerprint density at radius 2 is 1.83 bits per heavy atom. The van der Waals surface area contributed by atoms with E-state index in [-0.39, 0.29) is 11.7 Å². The number of phenols is 1. The molecule has 0 heterocycles. The lowest BCUT2D eigenvalue weighted by molar-refractivity contribution is -0.130. The van der Waals surface area contributed by atoms with Crippen LogP contribution in [0.3, 0.4) is 0 Å². The predicted molar refractivity (Wildman–Crippen MR) is 70.7 cm³/mol. The molecule has 3 nitrogen and oxygen atoms in total. The fraction of sp³-hybridized carbons (Fsp3) is 0.133. The zero-order chi connectivity index (χ0) is 13.1. The molecule has 0 radical (unpaired) electrons. The van der Waals surface area contributed by atoms with Crippen LogP contribution < -0.4 is 4.74 Å². The molecule has 2 aromatic rings. The Hall–Kier alpha value is -2.29. The van der Waals surface area contributed by atoms with Crippen molar-refractivity contribution in [1.29, 1.82) is 0 Å². The molecule has 3 heteroatoms.